The van der Waals surface area contributed by atoms with Crippen LogP contribution in [0.2, 0.25) is 0 Å². The number of anilines is 1. The first-order valence-corrected chi connectivity index (χ1v) is 7.35. The summed E-state index contributed by atoms with van der Waals surface area (Å²) in [6.45, 7) is 0.856. The van der Waals surface area contributed by atoms with Crippen LogP contribution in [-0.4, -0.2) is 20.9 Å². The van der Waals surface area contributed by atoms with Crippen molar-refractivity contribution in [3.05, 3.63) is 37.1 Å². The molecule has 0 aliphatic rings. The fourth-order valence-electron chi connectivity index (χ4n) is 1.52. The molecule has 0 radical (unpaired) electrons. The third kappa shape index (κ3) is 4.27. The van der Waals surface area contributed by atoms with Gasteiger partial charge in [-0.25, -0.2) is 9.67 Å². The van der Waals surface area contributed by atoms with E-state index < -0.39 is 18.3 Å². The van der Waals surface area contributed by atoms with Gasteiger partial charge in [-0.1, -0.05) is 0 Å². The lowest BCUT2D eigenvalue weighted by molar-refractivity contribution is -0.143. The van der Waals surface area contributed by atoms with Gasteiger partial charge in [0.15, 0.2) is 0 Å². The second kappa shape index (κ2) is 6.14. The van der Waals surface area contributed by atoms with Crippen molar-refractivity contribution in [2.75, 3.05) is 5.32 Å². The molecule has 0 atom stereocenters. The van der Waals surface area contributed by atoms with Gasteiger partial charge in [0, 0.05) is 11.1 Å². The van der Waals surface area contributed by atoms with Crippen LogP contribution in [0.3, 0.4) is 0 Å². The molecule has 1 N–H and O–H groups in total. The molecule has 0 spiro atoms. The molecule has 0 bridgehead atoms. The first kappa shape index (κ1) is 16.0. The number of thiazole rings is 1. The molecular weight excluding hydrogens is 373 g/mol. The highest BCUT2D eigenvalue weighted by Crippen LogP contribution is 2.20. The van der Waals surface area contributed by atoms with Gasteiger partial charge in [0.1, 0.15) is 16.0 Å². The molecule has 0 saturated heterocycles. The van der Waals surface area contributed by atoms with Crippen molar-refractivity contribution in [2.24, 2.45) is 0 Å². The van der Waals surface area contributed by atoms with E-state index >= 15 is 0 Å². The van der Waals surface area contributed by atoms with E-state index in [-0.39, 0.29) is 4.47 Å². The maximum absolute atomic E-state index is 12.3. The lowest BCUT2D eigenvalue weighted by atomic mass is 10.4. The molecule has 0 aromatic carbocycles. The van der Waals surface area contributed by atoms with Crippen molar-refractivity contribution in [2.45, 2.75) is 26.2 Å². The van der Waals surface area contributed by atoms with Crippen molar-refractivity contribution in [3.8, 4) is 0 Å². The zero-order valence-electron chi connectivity index (χ0n) is 10.7. The summed E-state index contributed by atoms with van der Waals surface area (Å²) < 4.78 is 37.2. The van der Waals surface area contributed by atoms with Crippen LogP contribution in [0.25, 0.3) is 0 Å². The molecule has 10 heteroatoms. The molecule has 2 aromatic heterocycles. The van der Waals surface area contributed by atoms with Gasteiger partial charge in [0.25, 0.3) is 5.56 Å². The molecule has 5 nitrogen and oxygen atoms in total. The quantitative estimate of drug-likeness (QED) is 0.882. The molecule has 2 heterocycles. The molecule has 114 valence electrons. The number of nitrogens with one attached hydrogen (secondary N) is 1. The topological polar surface area (TPSA) is 59.8 Å². The fraction of sp³-hybridized carbons (Fsp3) is 0.364. The van der Waals surface area contributed by atoms with Crippen LogP contribution in [0.4, 0.5) is 18.9 Å². The number of rotatable bonds is 4. The largest absolute Gasteiger partial charge is 0.408 e. The molecular formula is C11H10BrF3N4OS. The van der Waals surface area contributed by atoms with E-state index in [1.165, 1.54) is 17.5 Å². The summed E-state index contributed by atoms with van der Waals surface area (Å²) in [4.78, 5) is 17.0. The zero-order valence-corrected chi connectivity index (χ0v) is 13.1. The highest BCUT2D eigenvalue weighted by molar-refractivity contribution is 9.10. The Bertz CT molecular complexity index is 698. The summed E-state index contributed by atoms with van der Waals surface area (Å²) in [6.07, 6.45) is -1.60. The lowest BCUT2D eigenvalue weighted by Gasteiger charge is -2.11. The minimum absolute atomic E-state index is 0.00929. The van der Waals surface area contributed by atoms with Gasteiger partial charge < -0.3 is 5.32 Å². The van der Waals surface area contributed by atoms with Crippen LogP contribution >= 0.6 is 27.3 Å². The van der Waals surface area contributed by atoms with Crippen LogP contribution < -0.4 is 10.9 Å². The predicted octanol–water partition coefficient (Wildman–Crippen LogP) is 2.95. The van der Waals surface area contributed by atoms with E-state index in [1.54, 1.807) is 6.20 Å². The van der Waals surface area contributed by atoms with Crippen molar-refractivity contribution in [1.82, 2.24) is 14.8 Å². The van der Waals surface area contributed by atoms with Crippen LogP contribution in [0.1, 0.15) is 9.88 Å². The van der Waals surface area contributed by atoms with Crippen molar-refractivity contribution < 1.29 is 13.2 Å². The standard InChI is InChI=1S/C11H10BrF3N4OS/c1-6-2-17-8(21-6)4-16-7-3-18-19(5-11(13,14)15)10(20)9(7)12/h2-3,16H,4-5H2,1H3. The average Bonchev–Trinajstić information content (AvgIpc) is 2.79. The molecule has 0 amide bonds. The minimum atomic E-state index is -4.50. The number of hydrogen-bond donors (Lipinski definition) is 1. The Balaban J connectivity index is 2.15. The Labute approximate surface area is 130 Å². The van der Waals surface area contributed by atoms with Gasteiger partial charge in [0.05, 0.1) is 18.4 Å². The third-order valence-electron chi connectivity index (χ3n) is 2.41. The normalized spacial score (nSPS) is 11.7. The average molecular weight is 383 g/mol. The molecule has 0 saturated carbocycles. The summed E-state index contributed by atoms with van der Waals surface area (Å²) in [5.41, 5.74) is -0.515. The second-order valence-electron chi connectivity index (χ2n) is 4.17. The molecule has 0 unspecified atom stereocenters. The zero-order chi connectivity index (χ0) is 15.6. The summed E-state index contributed by atoms with van der Waals surface area (Å²) in [6, 6.07) is 0. The van der Waals surface area contributed by atoms with E-state index in [2.05, 4.69) is 31.3 Å². The van der Waals surface area contributed by atoms with Crippen molar-refractivity contribution >= 4 is 33.0 Å². The number of hydrogen-bond acceptors (Lipinski definition) is 5. The number of halogens is 4. The Morgan fingerprint density at radius 1 is 1.43 bits per heavy atom. The van der Waals surface area contributed by atoms with Gasteiger partial charge >= 0.3 is 6.18 Å². The van der Waals surface area contributed by atoms with Crippen LogP contribution in [0.5, 0.6) is 0 Å². The van der Waals surface area contributed by atoms with Crippen LogP contribution in [0.15, 0.2) is 21.7 Å². The minimum Gasteiger partial charge on any atom is -0.376 e. The highest BCUT2D eigenvalue weighted by atomic mass is 79.9. The van der Waals surface area contributed by atoms with Crippen molar-refractivity contribution in [1.29, 1.82) is 0 Å². The summed E-state index contributed by atoms with van der Waals surface area (Å²) in [5.74, 6) is 0. The van der Waals surface area contributed by atoms with E-state index in [1.807, 2.05) is 6.92 Å². The lowest BCUT2D eigenvalue weighted by Crippen LogP contribution is -2.31. The highest BCUT2D eigenvalue weighted by Gasteiger charge is 2.29. The van der Waals surface area contributed by atoms with E-state index in [4.69, 9.17) is 0 Å². The number of alkyl halides is 3. The summed E-state index contributed by atoms with van der Waals surface area (Å²) in [5, 5.41) is 7.24. The maximum Gasteiger partial charge on any atom is 0.408 e. The Hall–Kier alpha value is -1.42. The van der Waals surface area contributed by atoms with E-state index in [0.29, 0.717) is 16.9 Å². The Kier molecular flexibility index (Phi) is 4.67. The van der Waals surface area contributed by atoms with Gasteiger partial charge in [0.2, 0.25) is 0 Å². The van der Waals surface area contributed by atoms with Gasteiger partial charge in [-0.05, 0) is 22.9 Å². The number of nitrogens with zero attached hydrogens (tertiary/aromatic N) is 3. The molecule has 0 aliphatic carbocycles. The van der Waals surface area contributed by atoms with E-state index in [9.17, 15) is 18.0 Å². The predicted molar refractivity (Wildman–Crippen MR) is 76.4 cm³/mol. The molecule has 2 aromatic rings. The molecule has 2 rings (SSSR count). The fourth-order valence-corrected chi connectivity index (χ4v) is 2.70. The first-order chi connectivity index (χ1) is 9.76. The first-order valence-electron chi connectivity index (χ1n) is 5.74. The number of aryl methyl sites for hydroxylation is 1. The maximum atomic E-state index is 12.3. The van der Waals surface area contributed by atoms with Gasteiger partial charge in [-0.2, -0.15) is 18.3 Å². The second-order valence-corrected chi connectivity index (χ2v) is 6.28. The molecule has 21 heavy (non-hydrogen) atoms. The molecule has 0 aliphatic heterocycles. The van der Waals surface area contributed by atoms with Gasteiger partial charge in [-0.15, -0.1) is 11.3 Å². The Morgan fingerprint density at radius 2 is 2.14 bits per heavy atom. The third-order valence-corrected chi connectivity index (χ3v) is 4.09. The van der Waals surface area contributed by atoms with Crippen LogP contribution in [0, 0.1) is 6.92 Å². The molecule has 0 fully saturated rings. The van der Waals surface area contributed by atoms with E-state index in [0.717, 1.165) is 9.88 Å². The summed E-state index contributed by atoms with van der Waals surface area (Å²) in [7, 11) is 0. The van der Waals surface area contributed by atoms with Gasteiger partial charge in [-0.3, -0.25) is 4.79 Å². The summed E-state index contributed by atoms with van der Waals surface area (Å²) >= 11 is 4.48. The van der Waals surface area contributed by atoms with Crippen LogP contribution in [-0.2, 0) is 13.1 Å². The number of aromatic nitrogens is 3. The Morgan fingerprint density at radius 3 is 2.71 bits per heavy atom. The van der Waals surface area contributed by atoms with Crippen molar-refractivity contribution in [3.63, 3.8) is 0 Å². The smallest absolute Gasteiger partial charge is 0.376 e. The SMILES string of the molecule is Cc1cnc(CNc2cnn(CC(F)(F)F)c(=O)c2Br)s1. The monoisotopic (exact) mass is 382 g/mol.